The molecule has 11 rings (SSSR count). The number of halogens is 2. The maximum atomic E-state index is 14.2. The molecule has 0 aliphatic carbocycles. The van der Waals surface area contributed by atoms with Gasteiger partial charge in [-0.25, -0.2) is 18.7 Å². The molecule has 2 aliphatic heterocycles. The molecule has 2 fully saturated rings. The van der Waals surface area contributed by atoms with Gasteiger partial charge in [-0.05, 0) is 84.7 Å². The number of aliphatic hydroxyl groups is 1. The molecule has 0 radical (unpaired) electrons. The minimum absolute atomic E-state index is 0.0283. The highest BCUT2D eigenvalue weighted by Gasteiger charge is 2.40. The third kappa shape index (κ3) is 19.7. The van der Waals surface area contributed by atoms with E-state index >= 15 is 0 Å². The summed E-state index contributed by atoms with van der Waals surface area (Å²) in [6, 6.07) is 50.8. The molecule has 0 spiro atoms. The Bertz CT molecular complexity index is 4360. The molecular weight excluding hydrogens is 1270 g/mol. The second-order valence-electron chi connectivity index (χ2n) is 21.9. The first kappa shape index (κ1) is 71.7. The van der Waals surface area contributed by atoms with Gasteiger partial charge in [0.05, 0.1) is 37.8 Å². The van der Waals surface area contributed by atoms with Gasteiger partial charge in [-0.2, -0.15) is 19.0 Å². The standard InChI is InChI=1S/C30H31FN3O8P.C26H24NO5P.C10H13FN2O4.C2H6/c1-19-15-27(34-16-24(31)28(35)32-30(34)37)41-26(19)18-40-43(38,42-25-14-8-12-22-11-6-7-13-23(22)25)33-20(2)29(36)39-17-21-9-4-3-5-10-21;1-20(26(28)30-19-21-11-4-2-5-12-21)27-33(29,31-23-15-6-3-7-16-23)32-25-18-10-14-22-13-8-9-17-24(22)25;1-5-2-8(17-7(5)4-14)13-3-6(11)9(15)12-10(13)16;1-2/h3-14,16,19-20,26-27H,15,17-18H2,1-2H3,(H,33,38)(H,32,35,37);2-18,20H,19H2,1H3,(H,27,29);3,5,7-8,14H,2,4H2,1H3,(H,12,15,16);1-2H3/t19?,20-,26+,27+,43?;20-,33?;5?,7-,8-;/m001./s1. The Kier molecular flexibility index (Phi) is 25.5. The molecule has 4 heterocycles. The molecule has 2 aliphatic rings. The summed E-state index contributed by atoms with van der Waals surface area (Å²) in [5.74, 6) is -2.56. The molecule has 95 heavy (non-hydrogen) atoms. The first-order valence-corrected chi connectivity index (χ1v) is 33.6. The zero-order chi connectivity index (χ0) is 68.2. The maximum Gasteiger partial charge on any atom is 0.513 e. The normalized spacial score (nSPS) is 19.1. The quantitative estimate of drug-likeness (QED) is 0.0311. The number of nitrogens with zero attached hydrogens (tertiary/aromatic N) is 2. The van der Waals surface area contributed by atoms with Crippen LogP contribution in [0, 0.1) is 23.5 Å². The smallest absolute Gasteiger partial charge is 0.460 e. The van der Waals surface area contributed by atoms with Gasteiger partial charge in [-0.1, -0.05) is 179 Å². The average Bonchev–Trinajstić information content (AvgIpc) is 1.81. The number of ether oxygens (including phenoxy) is 4. The molecule has 0 amide bonds. The minimum Gasteiger partial charge on any atom is -0.460 e. The molecule has 502 valence electrons. The second-order valence-corrected chi connectivity index (χ2v) is 25.2. The highest BCUT2D eigenvalue weighted by atomic mass is 31.2. The van der Waals surface area contributed by atoms with E-state index in [0.29, 0.717) is 29.7 Å². The Balaban J connectivity index is 0.000000196. The van der Waals surface area contributed by atoms with Crippen LogP contribution in [0.25, 0.3) is 21.5 Å². The number of para-hydroxylation sites is 1. The van der Waals surface area contributed by atoms with E-state index in [1.165, 1.54) is 6.92 Å². The monoisotopic (exact) mass is 1350 g/mol. The third-order valence-corrected chi connectivity index (χ3v) is 18.1. The summed E-state index contributed by atoms with van der Waals surface area (Å²) < 4.78 is 103. The third-order valence-electron chi connectivity index (χ3n) is 14.9. The van der Waals surface area contributed by atoms with Crippen molar-refractivity contribution in [3.8, 4) is 17.2 Å². The van der Waals surface area contributed by atoms with Gasteiger partial charge >= 0.3 is 38.8 Å². The summed E-state index contributed by atoms with van der Waals surface area (Å²) in [5.41, 5.74) is -2.06. The lowest BCUT2D eigenvalue weighted by Gasteiger charge is -2.25. The maximum absolute atomic E-state index is 14.2. The number of aromatic amines is 2. The van der Waals surface area contributed by atoms with E-state index in [0.717, 1.165) is 48.8 Å². The lowest BCUT2D eigenvalue weighted by Crippen LogP contribution is -2.36. The van der Waals surface area contributed by atoms with Crippen LogP contribution in [0.5, 0.6) is 17.2 Å². The number of hydrogen-bond donors (Lipinski definition) is 5. The molecule has 0 saturated carbocycles. The molecule has 9 aromatic rings. The lowest BCUT2D eigenvalue weighted by molar-refractivity contribution is -0.147. The number of carbonyl (C=O) groups is 2. The van der Waals surface area contributed by atoms with Crippen molar-refractivity contribution in [1.29, 1.82) is 0 Å². The van der Waals surface area contributed by atoms with Gasteiger partial charge in [0.15, 0.2) is 0 Å². The predicted molar refractivity (Wildman–Crippen MR) is 351 cm³/mol. The number of nitrogens with one attached hydrogen (secondary N) is 4. The van der Waals surface area contributed by atoms with Gasteiger partial charge in [-0.3, -0.25) is 42.8 Å². The number of carbonyl (C=O) groups excluding carboxylic acids is 2. The van der Waals surface area contributed by atoms with Crippen LogP contribution in [0.2, 0.25) is 0 Å². The van der Waals surface area contributed by atoms with E-state index in [-0.39, 0.29) is 50.1 Å². The second kappa shape index (κ2) is 33.8. The molecule has 27 heteroatoms. The largest absolute Gasteiger partial charge is 0.513 e. The molecule has 2 saturated heterocycles. The van der Waals surface area contributed by atoms with Crippen LogP contribution >= 0.6 is 15.5 Å². The van der Waals surface area contributed by atoms with E-state index in [1.54, 1.807) is 55.5 Å². The van der Waals surface area contributed by atoms with Gasteiger partial charge in [0.25, 0.3) is 11.1 Å². The summed E-state index contributed by atoms with van der Waals surface area (Å²) in [7, 11) is -8.28. The van der Waals surface area contributed by atoms with Gasteiger partial charge in [0.2, 0.25) is 11.6 Å². The molecule has 4 unspecified atom stereocenters. The van der Waals surface area contributed by atoms with E-state index in [9.17, 15) is 46.7 Å². The fourth-order valence-electron chi connectivity index (χ4n) is 9.91. The molecule has 2 aromatic heterocycles. The Morgan fingerprint density at radius 1 is 0.558 bits per heavy atom. The topological polar surface area (TPSA) is 296 Å². The fourth-order valence-corrected chi connectivity index (χ4v) is 13.0. The van der Waals surface area contributed by atoms with Crippen LogP contribution in [0.15, 0.2) is 207 Å². The lowest BCUT2D eigenvalue weighted by atomic mass is 10.0. The van der Waals surface area contributed by atoms with Gasteiger partial charge < -0.3 is 37.6 Å². The van der Waals surface area contributed by atoms with Gasteiger partial charge in [0, 0.05) is 10.8 Å². The number of aromatic nitrogens is 4. The zero-order valence-corrected chi connectivity index (χ0v) is 54.6. The molecule has 5 N–H and O–H groups in total. The average molecular weight is 1350 g/mol. The molecule has 7 aromatic carbocycles. The van der Waals surface area contributed by atoms with Crippen LogP contribution in [0.3, 0.4) is 0 Å². The summed E-state index contributed by atoms with van der Waals surface area (Å²) in [6.45, 7) is 10.5. The summed E-state index contributed by atoms with van der Waals surface area (Å²) in [4.78, 5) is 75.2. The number of esters is 2. The van der Waals surface area contributed by atoms with Crippen molar-refractivity contribution in [3.05, 3.63) is 253 Å². The summed E-state index contributed by atoms with van der Waals surface area (Å²) in [6.07, 6.45) is -0.193. The van der Waals surface area contributed by atoms with Crippen molar-refractivity contribution in [2.24, 2.45) is 11.8 Å². The van der Waals surface area contributed by atoms with Crippen molar-refractivity contribution < 1.29 is 69.6 Å². The molecule has 23 nitrogen and oxygen atoms in total. The number of H-pyrrole nitrogens is 2. The molecule has 10 atom stereocenters. The highest BCUT2D eigenvalue weighted by molar-refractivity contribution is 7.52. The minimum atomic E-state index is -4.25. The predicted octanol–water partition coefficient (Wildman–Crippen LogP) is 11.4. The molecular formula is C68H74F2N6O17P2. The number of rotatable bonds is 22. The number of hydrogen-bond acceptors (Lipinski definition) is 17. The van der Waals surface area contributed by atoms with E-state index in [1.807, 2.05) is 165 Å². The van der Waals surface area contributed by atoms with Crippen LogP contribution in [0.1, 0.15) is 78.0 Å². The fraction of sp³-hybridized carbons (Fsp3) is 0.294. The van der Waals surface area contributed by atoms with E-state index in [4.69, 9.17) is 42.1 Å². The van der Waals surface area contributed by atoms with Gasteiger partial charge in [0.1, 0.15) is 55.0 Å². The Morgan fingerprint density at radius 2 is 0.947 bits per heavy atom. The van der Waals surface area contributed by atoms with Crippen LogP contribution in [0.4, 0.5) is 8.78 Å². The molecule has 0 bridgehead atoms. The Labute approximate surface area is 545 Å². The van der Waals surface area contributed by atoms with Crippen molar-refractivity contribution >= 4 is 49.0 Å². The van der Waals surface area contributed by atoms with Crippen LogP contribution < -0.4 is 46.2 Å². The highest BCUT2D eigenvalue weighted by Crippen LogP contribution is 2.49. The van der Waals surface area contributed by atoms with Crippen molar-refractivity contribution in [2.75, 3.05) is 13.2 Å². The first-order chi connectivity index (χ1) is 45.7. The van der Waals surface area contributed by atoms with Crippen molar-refractivity contribution in [2.45, 2.75) is 104 Å². The van der Waals surface area contributed by atoms with Crippen molar-refractivity contribution in [3.63, 3.8) is 0 Å². The van der Waals surface area contributed by atoms with Gasteiger partial charge in [-0.15, -0.1) is 0 Å². The number of fused-ring (bicyclic) bond motifs is 2. The van der Waals surface area contributed by atoms with Crippen LogP contribution in [-0.2, 0) is 55.4 Å². The van der Waals surface area contributed by atoms with E-state index < -0.39 is 92.2 Å². The summed E-state index contributed by atoms with van der Waals surface area (Å²) in [5, 5.41) is 17.7. The first-order valence-electron chi connectivity index (χ1n) is 30.5. The van der Waals surface area contributed by atoms with Crippen molar-refractivity contribution in [1.82, 2.24) is 29.3 Å². The van der Waals surface area contributed by atoms with E-state index in [2.05, 4.69) is 10.2 Å². The zero-order valence-electron chi connectivity index (χ0n) is 52.8. The Morgan fingerprint density at radius 3 is 1.40 bits per heavy atom. The number of aliphatic hydroxyl groups excluding tert-OH is 1. The SMILES string of the molecule is CC.CC1C[C@H](n2cc(F)c(=O)[nH]c2=O)O[C@@H]1CO.CC1C[C@H](n2cc(F)c(=O)[nH]c2=O)O[C@@H]1COP(=O)(N[C@@H](C)C(=O)OCc1ccccc1)Oc1cccc2ccccc12.C[C@H](NP(=O)(Oc1ccccc1)Oc1cccc2ccccc12)C(=O)OCc1ccccc1. The van der Waals surface area contributed by atoms with Crippen LogP contribution in [-0.4, -0.2) is 73.7 Å². The summed E-state index contributed by atoms with van der Waals surface area (Å²) >= 11 is 0. The Hall–Kier alpha value is -9.16. The number of benzene rings is 7.